The largest absolute Gasteiger partial charge is 0.366 e. The normalized spacial score (nSPS) is 14.4. The Morgan fingerprint density at radius 3 is 2.65 bits per heavy atom. The van der Waals surface area contributed by atoms with Crippen molar-refractivity contribution in [1.82, 2.24) is 25.8 Å². The molecule has 0 spiro atoms. The Morgan fingerprint density at radius 1 is 1.35 bits per heavy atom. The van der Waals surface area contributed by atoms with Crippen molar-refractivity contribution in [2.24, 2.45) is 5.92 Å². The Hall–Kier alpha value is -2.12. The van der Waals surface area contributed by atoms with Gasteiger partial charge in [-0.25, -0.2) is 0 Å². The highest BCUT2D eigenvalue weighted by atomic mass is 16.2. The molecule has 2 amide bonds. The summed E-state index contributed by atoms with van der Waals surface area (Å²) >= 11 is 0. The van der Waals surface area contributed by atoms with E-state index in [1.807, 2.05) is 0 Å². The van der Waals surface area contributed by atoms with Crippen LogP contribution in [0.2, 0.25) is 0 Å². The fourth-order valence-electron chi connectivity index (χ4n) is 1.31. The maximum atomic E-state index is 11.4. The summed E-state index contributed by atoms with van der Waals surface area (Å²) in [6.45, 7) is 0.753. The van der Waals surface area contributed by atoms with Gasteiger partial charge in [-0.05, 0) is 12.8 Å². The van der Waals surface area contributed by atoms with Crippen molar-refractivity contribution >= 4 is 17.8 Å². The van der Waals surface area contributed by atoms with Gasteiger partial charge in [-0.2, -0.15) is 4.98 Å². The lowest BCUT2D eigenvalue weighted by molar-refractivity contribution is -0.122. The molecule has 1 fully saturated rings. The first kappa shape index (κ1) is 11.4. The Balaban J connectivity index is 1.64. The van der Waals surface area contributed by atoms with Crippen LogP contribution in [0.1, 0.15) is 23.5 Å². The number of nitrogens with two attached hydrogens (primary N) is 1. The van der Waals surface area contributed by atoms with Crippen LogP contribution in [0.25, 0.3) is 0 Å². The van der Waals surface area contributed by atoms with Gasteiger partial charge in [-0.3, -0.25) is 14.7 Å². The van der Waals surface area contributed by atoms with Crippen LogP contribution in [-0.2, 0) is 4.79 Å². The summed E-state index contributed by atoms with van der Waals surface area (Å²) in [5.74, 6) is -0.0639. The quantitative estimate of drug-likeness (QED) is 0.471. The Labute approximate surface area is 97.4 Å². The number of rotatable bonds is 5. The van der Waals surface area contributed by atoms with Gasteiger partial charge < -0.3 is 16.4 Å². The monoisotopic (exact) mass is 238 g/mol. The van der Waals surface area contributed by atoms with Gasteiger partial charge in [0, 0.05) is 19.0 Å². The Kier molecular flexibility index (Phi) is 3.22. The molecule has 17 heavy (non-hydrogen) atoms. The zero-order valence-electron chi connectivity index (χ0n) is 9.19. The molecule has 0 aromatic carbocycles. The minimum Gasteiger partial charge on any atom is -0.366 e. The van der Waals surface area contributed by atoms with Gasteiger partial charge in [-0.15, -0.1) is 5.10 Å². The van der Waals surface area contributed by atoms with Crippen molar-refractivity contribution < 1.29 is 9.59 Å². The maximum absolute atomic E-state index is 11.4. The molecule has 5 N–H and O–H groups in total. The molecule has 1 heterocycles. The first-order valence-corrected chi connectivity index (χ1v) is 5.40. The van der Waals surface area contributed by atoms with Gasteiger partial charge in [0.05, 0.1) is 0 Å². The third-order valence-corrected chi connectivity index (χ3v) is 2.38. The van der Waals surface area contributed by atoms with Crippen LogP contribution in [-0.4, -0.2) is 40.1 Å². The molecular formula is C9H14N6O2. The molecule has 0 radical (unpaired) electrons. The van der Waals surface area contributed by atoms with Crippen molar-refractivity contribution in [3.63, 3.8) is 0 Å². The predicted molar refractivity (Wildman–Crippen MR) is 58.9 cm³/mol. The van der Waals surface area contributed by atoms with Crippen molar-refractivity contribution in [3.05, 3.63) is 5.82 Å². The van der Waals surface area contributed by atoms with Gasteiger partial charge in [0.2, 0.25) is 17.7 Å². The number of nitrogens with zero attached hydrogens (tertiary/aromatic N) is 2. The molecule has 1 saturated carbocycles. The molecule has 1 aliphatic carbocycles. The SMILES string of the molecule is Nc1n[nH]c(C(=O)NCCNC(=O)C2CC2)n1. The van der Waals surface area contributed by atoms with E-state index in [0.717, 1.165) is 12.8 Å². The summed E-state index contributed by atoms with van der Waals surface area (Å²) < 4.78 is 0. The number of amides is 2. The lowest BCUT2D eigenvalue weighted by Crippen LogP contribution is -2.35. The molecule has 8 heteroatoms. The van der Waals surface area contributed by atoms with Crippen molar-refractivity contribution in [1.29, 1.82) is 0 Å². The van der Waals surface area contributed by atoms with E-state index in [-0.39, 0.29) is 23.6 Å². The Bertz CT molecular complexity index is 425. The number of nitrogens with one attached hydrogen (secondary N) is 3. The van der Waals surface area contributed by atoms with Crippen LogP contribution in [0.4, 0.5) is 5.95 Å². The van der Waals surface area contributed by atoms with Crippen molar-refractivity contribution in [2.75, 3.05) is 18.8 Å². The first-order valence-electron chi connectivity index (χ1n) is 5.40. The fraction of sp³-hybridized carbons (Fsp3) is 0.556. The molecule has 92 valence electrons. The van der Waals surface area contributed by atoms with Crippen LogP contribution < -0.4 is 16.4 Å². The average Bonchev–Trinajstić information content (AvgIpc) is 3.07. The van der Waals surface area contributed by atoms with E-state index in [4.69, 9.17) is 5.73 Å². The summed E-state index contributed by atoms with van der Waals surface area (Å²) in [6, 6.07) is 0. The number of carbonyl (C=O) groups excluding carboxylic acids is 2. The van der Waals surface area contributed by atoms with Gasteiger partial charge >= 0.3 is 0 Å². The van der Waals surface area contributed by atoms with E-state index in [1.165, 1.54) is 0 Å². The van der Waals surface area contributed by atoms with E-state index in [2.05, 4.69) is 25.8 Å². The summed E-state index contributed by atoms with van der Waals surface area (Å²) in [4.78, 5) is 26.4. The predicted octanol–water partition coefficient (Wildman–Crippen LogP) is -1.36. The molecule has 0 aliphatic heterocycles. The highest BCUT2D eigenvalue weighted by Crippen LogP contribution is 2.28. The number of aromatic nitrogens is 3. The van der Waals surface area contributed by atoms with Gasteiger partial charge in [0.25, 0.3) is 5.91 Å². The second kappa shape index (κ2) is 4.81. The highest BCUT2D eigenvalue weighted by Gasteiger charge is 2.28. The van der Waals surface area contributed by atoms with Crippen LogP contribution >= 0.6 is 0 Å². The summed E-state index contributed by atoms with van der Waals surface area (Å²) in [6.07, 6.45) is 1.94. The molecule has 0 bridgehead atoms. The van der Waals surface area contributed by atoms with Gasteiger partial charge in [0.15, 0.2) is 0 Å². The molecule has 0 unspecified atom stereocenters. The number of aromatic amines is 1. The number of hydrogen-bond acceptors (Lipinski definition) is 5. The molecule has 8 nitrogen and oxygen atoms in total. The standard InChI is InChI=1S/C9H14N6O2/c10-9-13-6(14-15-9)8(17)12-4-3-11-7(16)5-1-2-5/h5H,1-4H2,(H,11,16)(H,12,17)(H3,10,13,14,15). The number of anilines is 1. The zero-order chi connectivity index (χ0) is 12.3. The van der Waals surface area contributed by atoms with Crippen LogP contribution in [0, 0.1) is 5.92 Å². The lowest BCUT2D eigenvalue weighted by atomic mass is 10.4. The third kappa shape index (κ3) is 3.16. The van der Waals surface area contributed by atoms with Gasteiger partial charge in [0.1, 0.15) is 0 Å². The van der Waals surface area contributed by atoms with Crippen molar-refractivity contribution in [3.8, 4) is 0 Å². The van der Waals surface area contributed by atoms with Crippen molar-refractivity contribution in [2.45, 2.75) is 12.8 Å². The summed E-state index contributed by atoms with van der Waals surface area (Å²) in [5, 5.41) is 11.3. The van der Waals surface area contributed by atoms with E-state index >= 15 is 0 Å². The number of H-pyrrole nitrogens is 1. The Morgan fingerprint density at radius 2 is 2.06 bits per heavy atom. The highest BCUT2D eigenvalue weighted by molar-refractivity contribution is 5.90. The van der Waals surface area contributed by atoms with E-state index < -0.39 is 5.91 Å². The summed E-state index contributed by atoms with van der Waals surface area (Å²) in [7, 11) is 0. The molecule has 0 atom stereocenters. The van der Waals surface area contributed by atoms with Crippen LogP contribution in [0.15, 0.2) is 0 Å². The second-order valence-corrected chi connectivity index (χ2v) is 3.86. The molecule has 1 aliphatic rings. The minimum absolute atomic E-state index is 0.0252. The smallest absolute Gasteiger partial charge is 0.288 e. The topological polar surface area (TPSA) is 126 Å². The lowest BCUT2D eigenvalue weighted by Gasteiger charge is -2.04. The first-order chi connectivity index (χ1) is 8.16. The average molecular weight is 238 g/mol. The molecule has 1 aromatic rings. The molecule has 0 saturated heterocycles. The zero-order valence-corrected chi connectivity index (χ0v) is 9.19. The number of nitrogen functional groups attached to an aromatic ring is 1. The van der Waals surface area contributed by atoms with Crippen LogP contribution in [0.3, 0.4) is 0 Å². The molecule has 1 aromatic heterocycles. The number of hydrogen-bond donors (Lipinski definition) is 4. The fourth-order valence-corrected chi connectivity index (χ4v) is 1.31. The van der Waals surface area contributed by atoms with Gasteiger partial charge in [-0.1, -0.05) is 0 Å². The molecule has 2 rings (SSSR count). The van der Waals surface area contributed by atoms with E-state index in [1.54, 1.807) is 0 Å². The summed E-state index contributed by atoms with van der Waals surface area (Å²) in [5.41, 5.74) is 5.26. The second-order valence-electron chi connectivity index (χ2n) is 3.86. The van der Waals surface area contributed by atoms with E-state index in [9.17, 15) is 9.59 Å². The number of carbonyl (C=O) groups is 2. The third-order valence-electron chi connectivity index (χ3n) is 2.38. The maximum Gasteiger partial charge on any atom is 0.288 e. The minimum atomic E-state index is -0.394. The van der Waals surface area contributed by atoms with Crippen LogP contribution in [0.5, 0.6) is 0 Å². The van der Waals surface area contributed by atoms with E-state index in [0.29, 0.717) is 13.1 Å². The molecular weight excluding hydrogens is 224 g/mol.